The molecule has 7 nitrogen and oxygen atoms in total. The molecule has 0 spiro atoms. The third-order valence-corrected chi connectivity index (χ3v) is 3.52. The highest BCUT2D eigenvalue weighted by Gasteiger charge is 2.16. The predicted molar refractivity (Wildman–Crippen MR) is 84.6 cm³/mol. The summed E-state index contributed by atoms with van der Waals surface area (Å²) in [4.78, 5) is 12.2. The molecule has 0 bridgehead atoms. The fourth-order valence-corrected chi connectivity index (χ4v) is 2.44. The van der Waals surface area contributed by atoms with Crippen molar-refractivity contribution in [3.05, 3.63) is 61.3 Å². The normalized spacial score (nSPS) is 10.8. The van der Waals surface area contributed by atoms with Crippen molar-refractivity contribution in [3.8, 4) is 28.6 Å². The number of rotatable bonds is 3. The second-order valence-corrected chi connectivity index (χ2v) is 4.96. The molecule has 0 aliphatic heterocycles. The lowest BCUT2D eigenvalue weighted by atomic mass is 10.2. The first kappa shape index (κ1) is 13.3. The van der Waals surface area contributed by atoms with Gasteiger partial charge in [-0.2, -0.15) is 10.2 Å². The number of aryl methyl sites for hydroxylation is 1. The van der Waals surface area contributed by atoms with E-state index < -0.39 is 0 Å². The average molecular weight is 303 g/mol. The Balaban J connectivity index is 1.93. The number of benzene rings is 1. The van der Waals surface area contributed by atoms with E-state index in [4.69, 9.17) is 0 Å². The van der Waals surface area contributed by atoms with E-state index in [1.807, 2.05) is 58.9 Å². The van der Waals surface area contributed by atoms with Crippen molar-refractivity contribution in [2.75, 3.05) is 0 Å². The Hall–Kier alpha value is -3.35. The molecule has 0 aliphatic rings. The van der Waals surface area contributed by atoms with Gasteiger partial charge in [0.2, 0.25) is 0 Å². The fraction of sp³-hybridized carbons (Fsp3) is 0.0625. The van der Waals surface area contributed by atoms with Gasteiger partial charge in [0.05, 0.1) is 17.1 Å². The van der Waals surface area contributed by atoms with Crippen LogP contribution in [-0.2, 0) is 7.05 Å². The molecule has 0 atom stereocenters. The summed E-state index contributed by atoms with van der Waals surface area (Å²) in [6.45, 7) is 0. The van der Waals surface area contributed by atoms with Gasteiger partial charge >= 0.3 is 0 Å². The Kier molecular flexibility index (Phi) is 3.16. The second-order valence-electron chi connectivity index (χ2n) is 4.96. The Bertz CT molecular complexity index is 925. The van der Waals surface area contributed by atoms with Gasteiger partial charge in [-0.1, -0.05) is 18.2 Å². The van der Waals surface area contributed by atoms with Crippen LogP contribution in [0.15, 0.2) is 61.3 Å². The molecule has 7 heteroatoms. The van der Waals surface area contributed by atoms with Crippen LogP contribution >= 0.6 is 0 Å². The van der Waals surface area contributed by atoms with Gasteiger partial charge in [-0.15, -0.1) is 0 Å². The van der Waals surface area contributed by atoms with Crippen LogP contribution in [0.4, 0.5) is 0 Å². The molecule has 3 aromatic heterocycles. The molecule has 4 rings (SSSR count). The average Bonchev–Trinajstić information content (AvgIpc) is 3.22. The van der Waals surface area contributed by atoms with E-state index in [0.29, 0.717) is 11.5 Å². The van der Waals surface area contributed by atoms with Gasteiger partial charge in [-0.05, 0) is 24.3 Å². The Morgan fingerprint density at radius 3 is 2.39 bits per heavy atom. The summed E-state index contributed by atoms with van der Waals surface area (Å²) in [5.74, 6) is 0.540. The summed E-state index contributed by atoms with van der Waals surface area (Å²) in [6, 6.07) is 13.9. The monoisotopic (exact) mass is 303 g/mol. The molecule has 23 heavy (non-hydrogen) atoms. The number of hydrogen-bond donors (Lipinski definition) is 0. The molecule has 0 fully saturated rings. The van der Waals surface area contributed by atoms with Gasteiger partial charge < -0.3 is 0 Å². The van der Waals surface area contributed by atoms with Crippen LogP contribution < -0.4 is 0 Å². The highest BCUT2D eigenvalue weighted by Crippen LogP contribution is 2.26. The maximum Gasteiger partial charge on any atom is 0.183 e. The van der Waals surface area contributed by atoms with Crippen LogP contribution in [0, 0.1) is 0 Å². The van der Waals surface area contributed by atoms with E-state index in [9.17, 15) is 0 Å². The SMILES string of the molecule is Cn1nccc1-c1cc(-c2ncncn2)nn1-c1ccccc1. The number of hydrogen-bond acceptors (Lipinski definition) is 5. The van der Waals surface area contributed by atoms with Crippen LogP contribution in [0.25, 0.3) is 28.6 Å². The van der Waals surface area contributed by atoms with Crippen LogP contribution in [0.1, 0.15) is 0 Å². The third-order valence-electron chi connectivity index (χ3n) is 3.52. The molecule has 0 aliphatic carbocycles. The highest BCUT2D eigenvalue weighted by molar-refractivity contribution is 5.65. The second kappa shape index (κ2) is 5.45. The van der Waals surface area contributed by atoms with Gasteiger partial charge in [0.25, 0.3) is 0 Å². The smallest absolute Gasteiger partial charge is 0.183 e. The van der Waals surface area contributed by atoms with Crippen molar-refractivity contribution >= 4 is 0 Å². The Morgan fingerprint density at radius 1 is 0.913 bits per heavy atom. The lowest BCUT2D eigenvalue weighted by Gasteiger charge is -2.07. The lowest BCUT2D eigenvalue weighted by Crippen LogP contribution is -2.02. The minimum Gasteiger partial charge on any atom is -0.266 e. The van der Waals surface area contributed by atoms with Crippen molar-refractivity contribution in [2.24, 2.45) is 7.05 Å². The Labute approximate surface area is 132 Å². The molecule has 4 aromatic rings. The summed E-state index contributed by atoms with van der Waals surface area (Å²) < 4.78 is 3.68. The first-order valence-electron chi connectivity index (χ1n) is 7.09. The van der Waals surface area contributed by atoms with Gasteiger partial charge in [-0.3, -0.25) is 4.68 Å². The lowest BCUT2D eigenvalue weighted by molar-refractivity contribution is 0.764. The molecule has 1 aromatic carbocycles. The van der Waals surface area contributed by atoms with Gasteiger partial charge in [0.1, 0.15) is 18.3 Å². The molecule has 0 N–H and O–H groups in total. The minimum absolute atomic E-state index is 0.540. The summed E-state index contributed by atoms with van der Waals surface area (Å²) in [5.41, 5.74) is 3.53. The largest absolute Gasteiger partial charge is 0.266 e. The topological polar surface area (TPSA) is 74.3 Å². The van der Waals surface area contributed by atoms with Gasteiger partial charge in [0.15, 0.2) is 5.82 Å². The van der Waals surface area contributed by atoms with Crippen LogP contribution in [0.3, 0.4) is 0 Å². The zero-order chi connectivity index (χ0) is 15.6. The van der Waals surface area contributed by atoms with Crippen LogP contribution in [0.2, 0.25) is 0 Å². The summed E-state index contributed by atoms with van der Waals surface area (Å²) in [7, 11) is 1.90. The van der Waals surface area contributed by atoms with Crippen molar-refractivity contribution in [3.63, 3.8) is 0 Å². The first-order valence-corrected chi connectivity index (χ1v) is 7.09. The van der Waals surface area contributed by atoms with Gasteiger partial charge in [0, 0.05) is 13.2 Å². The van der Waals surface area contributed by atoms with E-state index in [1.54, 1.807) is 6.20 Å². The molecule has 0 saturated heterocycles. The zero-order valence-corrected chi connectivity index (χ0v) is 12.4. The molecule has 0 amide bonds. The maximum atomic E-state index is 4.67. The van der Waals surface area contributed by atoms with E-state index >= 15 is 0 Å². The summed E-state index contributed by atoms with van der Waals surface area (Å²) in [6.07, 6.45) is 4.70. The van der Waals surface area contributed by atoms with Crippen LogP contribution in [0.5, 0.6) is 0 Å². The maximum absolute atomic E-state index is 4.67. The first-order chi connectivity index (χ1) is 11.3. The van der Waals surface area contributed by atoms with E-state index in [1.165, 1.54) is 12.7 Å². The van der Waals surface area contributed by atoms with E-state index in [2.05, 4.69) is 25.1 Å². The number of aromatic nitrogens is 7. The zero-order valence-electron chi connectivity index (χ0n) is 12.4. The van der Waals surface area contributed by atoms with Crippen molar-refractivity contribution in [1.82, 2.24) is 34.5 Å². The third kappa shape index (κ3) is 2.38. The van der Waals surface area contributed by atoms with Crippen molar-refractivity contribution in [1.29, 1.82) is 0 Å². The summed E-state index contributed by atoms with van der Waals surface area (Å²) >= 11 is 0. The molecule has 0 unspecified atom stereocenters. The Morgan fingerprint density at radius 2 is 1.70 bits per heavy atom. The fourth-order valence-electron chi connectivity index (χ4n) is 2.44. The molecular weight excluding hydrogens is 290 g/mol. The van der Waals surface area contributed by atoms with E-state index in [0.717, 1.165) is 17.1 Å². The predicted octanol–water partition coefficient (Wildman–Crippen LogP) is 2.12. The number of para-hydroxylation sites is 1. The highest BCUT2D eigenvalue weighted by atomic mass is 15.3. The van der Waals surface area contributed by atoms with E-state index in [-0.39, 0.29) is 0 Å². The molecule has 0 saturated carbocycles. The quantitative estimate of drug-likeness (QED) is 0.579. The molecular formula is C16H13N7. The van der Waals surface area contributed by atoms with Crippen molar-refractivity contribution in [2.45, 2.75) is 0 Å². The molecule has 3 heterocycles. The van der Waals surface area contributed by atoms with Gasteiger partial charge in [-0.25, -0.2) is 19.6 Å². The van der Waals surface area contributed by atoms with Crippen molar-refractivity contribution < 1.29 is 0 Å². The van der Waals surface area contributed by atoms with Crippen LogP contribution in [-0.4, -0.2) is 34.5 Å². The standard InChI is InChI=1S/C16H13N7/c1-22-14(7-8-20-22)15-9-13(16-18-10-17-11-19-16)21-23(15)12-5-3-2-4-6-12/h2-11H,1H3. The minimum atomic E-state index is 0.540. The number of nitrogens with zero attached hydrogens (tertiary/aromatic N) is 7. The summed E-state index contributed by atoms with van der Waals surface area (Å²) in [5, 5.41) is 8.91. The molecule has 112 valence electrons. The molecule has 0 radical (unpaired) electrons.